The van der Waals surface area contributed by atoms with Gasteiger partial charge in [-0.2, -0.15) is 13.2 Å². The van der Waals surface area contributed by atoms with Gasteiger partial charge in [0.15, 0.2) is 8.32 Å². The first-order chi connectivity index (χ1) is 17.1. The molecule has 0 amide bonds. The van der Waals surface area contributed by atoms with E-state index in [0.717, 1.165) is 61.2 Å². The summed E-state index contributed by atoms with van der Waals surface area (Å²) in [5.41, 5.74) is -3.93. The van der Waals surface area contributed by atoms with Gasteiger partial charge in [-0.3, -0.25) is 14.3 Å². The van der Waals surface area contributed by atoms with Gasteiger partial charge in [0, 0.05) is 12.6 Å². The summed E-state index contributed by atoms with van der Waals surface area (Å²) in [6.07, 6.45) is 5.30. The molecule has 1 fully saturated rings. The molecule has 0 aliphatic carbocycles. The maximum Gasteiger partial charge on any atom is 0.423 e. The van der Waals surface area contributed by atoms with Crippen LogP contribution in [0.2, 0.25) is 18.1 Å². The Morgan fingerprint density at radius 3 is 2.22 bits per heavy atom. The van der Waals surface area contributed by atoms with Crippen molar-refractivity contribution in [1.29, 1.82) is 0 Å². The monoisotopic (exact) mass is 532 g/mol. The molecule has 2 rings (SSSR count). The molecule has 1 aromatic heterocycles. The van der Waals surface area contributed by atoms with E-state index in [2.05, 4.69) is 26.7 Å². The van der Waals surface area contributed by atoms with Gasteiger partial charge in [-0.25, -0.2) is 4.79 Å². The Morgan fingerprint density at radius 2 is 1.72 bits per heavy atom. The Morgan fingerprint density at radius 1 is 1.14 bits per heavy atom. The first-order valence-corrected chi connectivity index (χ1v) is 15.4. The van der Waals surface area contributed by atoms with Crippen LogP contribution >= 0.6 is 0 Å². The van der Waals surface area contributed by atoms with Gasteiger partial charge < -0.3 is 13.9 Å². The molecule has 1 saturated heterocycles. The molecule has 0 spiro atoms. The molecule has 3 atom stereocenters. The summed E-state index contributed by atoms with van der Waals surface area (Å²) >= 11 is 0. The quantitative estimate of drug-likeness (QED) is 0.247. The molecular formula is C25H39F3N2O5Si. The van der Waals surface area contributed by atoms with Gasteiger partial charge in [0.1, 0.15) is 24.5 Å². The van der Waals surface area contributed by atoms with Crippen molar-refractivity contribution < 1.29 is 27.1 Å². The highest BCUT2D eigenvalue weighted by atomic mass is 28.4. The normalized spacial score (nSPS) is 20.5. The van der Waals surface area contributed by atoms with E-state index in [9.17, 15) is 22.8 Å². The molecule has 1 aromatic rings. The van der Waals surface area contributed by atoms with E-state index in [1.165, 1.54) is 0 Å². The number of nitrogens with one attached hydrogen (secondary N) is 1. The number of H-pyrrole nitrogens is 1. The second-order valence-electron chi connectivity index (χ2n) is 9.43. The van der Waals surface area contributed by atoms with E-state index in [-0.39, 0.29) is 19.6 Å². The van der Waals surface area contributed by atoms with Crippen LogP contribution in [0.25, 0.3) is 0 Å². The zero-order valence-corrected chi connectivity index (χ0v) is 22.5. The van der Waals surface area contributed by atoms with Crippen molar-refractivity contribution in [1.82, 2.24) is 9.55 Å². The highest BCUT2D eigenvalue weighted by Crippen LogP contribution is 2.35. The second kappa shape index (κ2) is 14.2. The smallest absolute Gasteiger partial charge is 0.414 e. The maximum atomic E-state index is 13.3. The molecule has 2 heterocycles. The lowest BCUT2D eigenvalue weighted by atomic mass is 10.2. The Balaban J connectivity index is 2.29. The summed E-state index contributed by atoms with van der Waals surface area (Å²) in [6.45, 7) is 6.69. The lowest BCUT2D eigenvalue weighted by Crippen LogP contribution is -2.42. The first-order valence-electron chi connectivity index (χ1n) is 12.9. The molecule has 0 saturated carbocycles. The van der Waals surface area contributed by atoms with Crippen LogP contribution in [0.15, 0.2) is 15.8 Å². The number of unbranched alkanes of at least 4 members (excludes halogenated alkanes) is 3. The Bertz CT molecular complexity index is 950. The first kappa shape index (κ1) is 30.4. The van der Waals surface area contributed by atoms with Crippen molar-refractivity contribution in [3.8, 4) is 12.3 Å². The van der Waals surface area contributed by atoms with Gasteiger partial charge in [0.25, 0.3) is 5.56 Å². The SMILES string of the molecule is C#CCO[C@H]1C[C@H](n2cc(C(F)(F)F)c(=O)[nH]c2=O)O[C@@H]1CO[Si](CCCC)(CCCC)CCCC. The number of aromatic amines is 1. The summed E-state index contributed by atoms with van der Waals surface area (Å²) in [4.78, 5) is 25.8. The van der Waals surface area contributed by atoms with E-state index in [4.69, 9.17) is 20.3 Å². The van der Waals surface area contributed by atoms with E-state index in [1.54, 1.807) is 4.98 Å². The van der Waals surface area contributed by atoms with Gasteiger partial charge in [0.05, 0.1) is 12.7 Å². The van der Waals surface area contributed by atoms with Crippen LogP contribution in [0.5, 0.6) is 0 Å². The fourth-order valence-electron chi connectivity index (χ4n) is 4.60. The second-order valence-corrected chi connectivity index (χ2v) is 13.6. The molecule has 1 aliphatic rings. The molecule has 0 aromatic carbocycles. The lowest BCUT2D eigenvalue weighted by Gasteiger charge is -2.33. The van der Waals surface area contributed by atoms with Crippen LogP contribution in [0.1, 0.15) is 77.5 Å². The highest BCUT2D eigenvalue weighted by Gasteiger charge is 2.42. The topological polar surface area (TPSA) is 82.6 Å². The van der Waals surface area contributed by atoms with Gasteiger partial charge >= 0.3 is 11.9 Å². The van der Waals surface area contributed by atoms with Gasteiger partial charge in [0.2, 0.25) is 0 Å². The molecule has 36 heavy (non-hydrogen) atoms. The minimum absolute atomic E-state index is 0.00432. The molecule has 0 bridgehead atoms. The molecular weight excluding hydrogens is 493 g/mol. The molecule has 1 N–H and O–H groups in total. The van der Waals surface area contributed by atoms with E-state index >= 15 is 0 Å². The number of rotatable bonds is 15. The largest absolute Gasteiger partial charge is 0.423 e. The molecule has 11 heteroatoms. The number of terminal acetylenes is 1. The van der Waals surface area contributed by atoms with E-state index in [1.807, 2.05) is 0 Å². The van der Waals surface area contributed by atoms with Crippen molar-refractivity contribution in [2.24, 2.45) is 0 Å². The fraction of sp³-hybridized carbons (Fsp3) is 0.760. The Labute approximate surface area is 211 Å². The maximum absolute atomic E-state index is 13.3. The zero-order valence-electron chi connectivity index (χ0n) is 21.5. The van der Waals surface area contributed by atoms with Crippen LogP contribution < -0.4 is 11.2 Å². The van der Waals surface area contributed by atoms with Crippen LogP contribution in [0, 0.1) is 12.3 Å². The summed E-state index contributed by atoms with van der Waals surface area (Å²) in [5.74, 6) is 2.40. The Hall–Kier alpha value is -1.87. The lowest BCUT2D eigenvalue weighted by molar-refractivity contribution is -0.139. The van der Waals surface area contributed by atoms with Crippen molar-refractivity contribution >= 4 is 8.32 Å². The third-order valence-electron chi connectivity index (χ3n) is 6.66. The summed E-state index contributed by atoms with van der Waals surface area (Å²) in [6, 6.07) is 3.14. The van der Waals surface area contributed by atoms with E-state index in [0.29, 0.717) is 6.20 Å². The summed E-state index contributed by atoms with van der Waals surface area (Å²) in [7, 11) is -2.08. The van der Waals surface area contributed by atoms with E-state index < -0.39 is 49.7 Å². The summed E-state index contributed by atoms with van der Waals surface area (Å²) in [5, 5.41) is 0. The average molecular weight is 533 g/mol. The number of halogens is 3. The van der Waals surface area contributed by atoms with Crippen LogP contribution in [0.4, 0.5) is 13.2 Å². The minimum atomic E-state index is -4.91. The molecule has 204 valence electrons. The Kier molecular flexibility index (Phi) is 11.9. The summed E-state index contributed by atoms with van der Waals surface area (Å²) < 4.78 is 59.1. The third kappa shape index (κ3) is 8.33. The average Bonchev–Trinajstić information content (AvgIpc) is 3.23. The predicted molar refractivity (Wildman–Crippen MR) is 134 cm³/mol. The number of nitrogens with zero attached hydrogens (tertiary/aromatic N) is 1. The van der Waals surface area contributed by atoms with Crippen LogP contribution in [-0.2, 0) is 20.1 Å². The van der Waals surface area contributed by atoms with Crippen molar-refractivity contribution in [3.05, 3.63) is 32.6 Å². The minimum Gasteiger partial charge on any atom is -0.414 e. The number of hydrogen-bond donors (Lipinski definition) is 1. The molecule has 0 unspecified atom stereocenters. The predicted octanol–water partition coefficient (Wildman–Crippen LogP) is 5.22. The van der Waals surface area contributed by atoms with Crippen LogP contribution in [0.3, 0.4) is 0 Å². The number of aromatic nitrogens is 2. The number of alkyl halides is 3. The number of hydrogen-bond acceptors (Lipinski definition) is 5. The standard InChI is InChI=1S/C25H39F3N2O5Si/c1-5-9-13-36(14-10-6-2,15-11-7-3)34-18-21-20(33-12-8-4)16-22(35-21)30-17-19(25(26,27)28)23(31)29-24(30)32/h4,17,20-22H,5-7,9-16,18H2,1-3H3,(H,29,31,32)/t20-,21+,22+/m0/s1. The van der Waals surface area contributed by atoms with Gasteiger partial charge in [-0.05, 0) is 18.1 Å². The van der Waals surface area contributed by atoms with Crippen molar-refractivity contribution in [2.45, 2.75) is 108 Å². The van der Waals surface area contributed by atoms with Gasteiger partial charge in [-0.1, -0.05) is 65.2 Å². The van der Waals surface area contributed by atoms with Crippen LogP contribution in [-0.4, -0.2) is 43.3 Å². The van der Waals surface area contributed by atoms with Crippen molar-refractivity contribution in [2.75, 3.05) is 13.2 Å². The third-order valence-corrected chi connectivity index (χ3v) is 11.2. The fourth-order valence-corrected chi connectivity index (χ4v) is 9.29. The van der Waals surface area contributed by atoms with Crippen molar-refractivity contribution in [3.63, 3.8) is 0 Å². The molecule has 0 radical (unpaired) electrons. The molecule has 1 aliphatic heterocycles. The van der Waals surface area contributed by atoms with Gasteiger partial charge in [-0.15, -0.1) is 6.42 Å². The number of ether oxygens (including phenoxy) is 2. The zero-order chi connectivity index (χ0) is 26.8. The molecule has 7 nitrogen and oxygen atoms in total. The highest BCUT2D eigenvalue weighted by molar-refractivity contribution is 6.73.